The van der Waals surface area contributed by atoms with Crippen molar-refractivity contribution in [3.05, 3.63) is 47.8 Å². The van der Waals surface area contributed by atoms with Gasteiger partial charge in [0.1, 0.15) is 18.2 Å². The quantitative estimate of drug-likeness (QED) is 0.882. The first-order valence-corrected chi connectivity index (χ1v) is 6.74. The average molecular weight is 277 g/mol. The second-order valence-corrected chi connectivity index (χ2v) is 4.65. The molecule has 2 rings (SSSR count). The summed E-state index contributed by atoms with van der Waals surface area (Å²) < 4.78 is 21.2. The fraction of sp³-hybridized carbons (Fsp3) is 0.400. The van der Waals surface area contributed by atoms with Crippen LogP contribution in [0.3, 0.4) is 0 Å². The summed E-state index contributed by atoms with van der Waals surface area (Å²) in [7, 11) is 1.84. The molecule has 0 saturated carbocycles. The van der Waals surface area contributed by atoms with Crippen LogP contribution >= 0.6 is 0 Å². The van der Waals surface area contributed by atoms with Crippen LogP contribution in [0.2, 0.25) is 0 Å². The van der Waals surface area contributed by atoms with Crippen LogP contribution in [0.5, 0.6) is 5.75 Å². The van der Waals surface area contributed by atoms with Crippen molar-refractivity contribution in [2.45, 2.75) is 33.0 Å². The van der Waals surface area contributed by atoms with Crippen LogP contribution < -0.4 is 10.1 Å². The summed E-state index contributed by atoms with van der Waals surface area (Å²) >= 11 is 0. The minimum Gasteiger partial charge on any atom is -0.487 e. The Labute approximate surface area is 118 Å². The van der Waals surface area contributed by atoms with E-state index in [4.69, 9.17) is 4.74 Å². The van der Waals surface area contributed by atoms with Gasteiger partial charge in [-0.3, -0.25) is 0 Å². The van der Waals surface area contributed by atoms with E-state index in [1.54, 1.807) is 18.6 Å². The van der Waals surface area contributed by atoms with Crippen LogP contribution in [0, 0.1) is 5.82 Å². The number of hydrogen-bond donors (Lipinski definition) is 1. The number of aryl methyl sites for hydroxylation is 1. The number of rotatable bonds is 6. The minimum atomic E-state index is -0.256. The second-order valence-electron chi connectivity index (χ2n) is 4.65. The molecule has 1 heterocycles. The van der Waals surface area contributed by atoms with Gasteiger partial charge >= 0.3 is 0 Å². The van der Waals surface area contributed by atoms with E-state index in [0.717, 1.165) is 17.8 Å². The number of nitrogens with zero attached hydrogens (tertiary/aromatic N) is 2. The molecule has 20 heavy (non-hydrogen) atoms. The first-order valence-electron chi connectivity index (χ1n) is 6.74. The predicted molar refractivity (Wildman–Crippen MR) is 76.1 cm³/mol. The van der Waals surface area contributed by atoms with E-state index in [0.29, 0.717) is 12.4 Å². The molecule has 0 amide bonds. The molecule has 1 unspecified atom stereocenters. The monoisotopic (exact) mass is 277 g/mol. The van der Waals surface area contributed by atoms with Gasteiger partial charge in [0, 0.05) is 18.2 Å². The zero-order chi connectivity index (χ0) is 14.5. The molecular formula is C15H20FN3O. The number of aromatic nitrogens is 2. The zero-order valence-corrected chi connectivity index (χ0v) is 12.1. The maximum Gasteiger partial charge on any atom is 0.130 e. The number of halogens is 1. The summed E-state index contributed by atoms with van der Waals surface area (Å²) in [6, 6.07) is 4.62. The van der Waals surface area contributed by atoms with Crippen LogP contribution in [0.15, 0.2) is 30.7 Å². The van der Waals surface area contributed by atoms with Gasteiger partial charge in [-0.1, -0.05) is 0 Å². The number of benzene rings is 1. The van der Waals surface area contributed by atoms with Crippen molar-refractivity contribution in [1.82, 2.24) is 14.9 Å². The van der Waals surface area contributed by atoms with Gasteiger partial charge < -0.3 is 14.6 Å². The van der Waals surface area contributed by atoms with Crippen LogP contribution in [0.4, 0.5) is 4.39 Å². The molecule has 0 bridgehead atoms. The summed E-state index contributed by atoms with van der Waals surface area (Å²) in [6.07, 6.45) is 3.56. The molecule has 2 aromatic rings. The first-order chi connectivity index (χ1) is 9.65. The highest BCUT2D eigenvalue weighted by Gasteiger charge is 2.12. The molecule has 0 saturated heterocycles. The molecule has 0 fully saturated rings. The van der Waals surface area contributed by atoms with Gasteiger partial charge in [-0.25, -0.2) is 9.37 Å². The Morgan fingerprint density at radius 3 is 2.95 bits per heavy atom. The summed E-state index contributed by atoms with van der Waals surface area (Å²) in [5, 5.41) is 3.10. The van der Waals surface area contributed by atoms with Crippen molar-refractivity contribution in [3.8, 4) is 5.75 Å². The lowest BCUT2D eigenvalue weighted by Crippen LogP contribution is -2.14. The zero-order valence-electron chi connectivity index (χ0n) is 12.1. The Hall–Kier alpha value is -1.88. The highest BCUT2D eigenvalue weighted by molar-refractivity contribution is 5.36. The largest absolute Gasteiger partial charge is 0.487 e. The lowest BCUT2D eigenvalue weighted by Gasteiger charge is -2.17. The molecule has 0 radical (unpaired) electrons. The van der Waals surface area contributed by atoms with Gasteiger partial charge in [0.25, 0.3) is 0 Å². The van der Waals surface area contributed by atoms with Gasteiger partial charge in [0.15, 0.2) is 0 Å². The Morgan fingerprint density at radius 2 is 2.25 bits per heavy atom. The van der Waals surface area contributed by atoms with Crippen LogP contribution in [-0.2, 0) is 13.2 Å². The number of hydrogen-bond acceptors (Lipinski definition) is 3. The molecule has 0 spiro atoms. The lowest BCUT2D eigenvalue weighted by atomic mass is 10.1. The van der Waals surface area contributed by atoms with Gasteiger partial charge in [0.2, 0.25) is 0 Å². The third kappa shape index (κ3) is 3.17. The summed E-state index contributed by atoms with van der Waals surface area (Å²) in [5.41, 5.74) is 1.81. The smallest absolute Gasteiger partial charge is 0.130 e. The molecule has 0 aliphatic heterocycles. The fourth-order valence-electron chi connectivity index (χ4n) is 2.05. The Bertz CT molecular complexity index is 568. The van der Waals surface area contributed by atoms with Crippen molar-refractivity contribution in [2.75, 3.05) is 7.05 Å². The van der Waals surface area contributed by atoms with E-state index in [2.05, 4.69) is 17.2 Å². The van der Waals surface area contributed by atoms with E-state index in [1.807, 2.05) is 18.5 Å². The first kappa shape index (κ1) is 14.5. The van der Waals surface area contributed by atoms with Crippen molar-refractivity contribution in [2.24, 2.45) is 0 Å². The van der Waals surface area contributed by atoms with E-state index in [-0.39, 0.29) is 11.9 Å². The number of ether oxygens (including phenoxy) is 1. The molecule has 1 aromatic heterocycles. The van der Waals surface area contributed by atoms with E-state index in [9.17, 15) is 4.39 Å². The Morgan fingerprint density at radius 1 is 1.45 bits per heavy atom. The summed E-state index contributed by atoms with van der Waals surface area (Å²) in [4.78, 5) is 4.10. The van der Waals surface area contributed by atoms with Crippen LogP contribution in [-0.4, -0.2) is 16.6 Å². The van der Waals surface area contributed by atoms with E-state index in [1.165, 1.54) is 12.1 Å². The Balaban J connectivity index is 2.17. The molecule has 1 N–H and O–H groups in total. The average Bonchev–Trinajstić information content (AvgIpc) is 2.92. The fourth-order valence-corrected chi connectivity index (χ4v) is 2.05. The normalized spacial score (nSPS) is 12.4. The van der Waals surface area contributed by atoms with Crippen LogP contribution in [0.1, 0.15) is 31.1 Å². The van der Waals surface area contributed by atoms with Gasteiger partial charge in [-0.2, -0.15) is 0 Å². The topological polar surface area (TPSA) is 39.1 Å². The SMILES string of the molecule is CCn1cncc1COc1ccc(F)cc1C(C)NC. The second kappa shape index (κ2) is 6.52. The number of imidazole rings is 1. The van der Waals surface area contributed by atoms with Crippen molar-refractivity contribution >= 4 is 0 Å². The maximum absolute atomic E-state index is 13.4. The Kier molecular flexibility index (Phi) is 4.74. The van der Waals surface area contributed by atoms with Crippen LogP contribution in [0.25, 0.3) is 0 Å². The standard InChI is InChI=1S/C15H20FN3O/c1-4-19-10-18-8-13(19)9-20-15-6-5-12(16)7-14(15)11(2)17-3/h5-8,10-11,17H,4,9H2,1-3H3. The van der Waals surface area contributed by atoms with E-state index < -0.39 is 0 Å². The molecule has 108 valence electrons. The maximum atomic E-state index is 13.4. The lowest BCUT2D eigenvalue weighted by molar-refractivity contribution is 0.289. The highest BCUT2D eigenvalue weighted by atomic mass is 19.1. The third-order valence-electron chi connectivity index (χ3n) is 3.39. The van der Waals surface area contributed by atoms with Gasteiger partial charge in [-0.05, 0) is 39.1 Å². The van der Waals surface area contributed by atoms with Gasteiger partial charge in [0.05, 0.1) is 18.2 Å². The minimum absolute atomic E-state index is 0.0248. The highest BCUT2D eigenvalue weighted by Crippen LogP contribution is 2.26. The third-order valence-corrected chi connectivity index (χ3v) is 3.39. The molecule has 4 nitrogen and oxygen atoms in total. The molecule has 1 atom stereocenters. The molecule has 5 heteroatoms. The van der Waals surface area contributed by atoms with E-state index >= 15 is 0 Å². The molecular weight excluding hydrogens is 257 g/mol. The van der Waals surface area contributed by atoms with Crippen molar-refractivity contribution in [1.29, 1.82) is 0 Å². The molecule has 0 aliphatic carbocycles. The predicted octanol–water partition coefficient (Wildman–Crippen LogP) is 2.90. The molecule has 1 aromatic carbocycles. The summed E-state index contributed by atoms with van der Waals surface area (Å²) in [5.74, 6) is 0.435. The van der Waals surface area contributed by atoms with Crippen molar-refractivity contribution < 1.29 is 9.13 Å². The molecule has 0 aliphatic rings. The summed E-state index contributed by atoms with van der Waals surface area (Å²) in [6.45, 7) is 5.29. The number of nitrogens with one attached hydrogen (secondary N) is 1. The van der Waals surface area contributed by atoms with Gasteiger partial charge in [-0.15, -0.1) is 0 Å². The van der Waals surface area contributed by atoms with Crippen molar-refractivity contribution in [3.63, 3.8) is 0 Å².